The minimum absolute atomic E-state index is 0.284. The predicted octanol–water partition coefficient (Wildman–Crippen LogP) is 2.80. The normalized spacial score (nSPS) is 18.9. The summed E-state index contributed by atoms with van der Waals surface area (Å²) in [5, 5.41) is 4.70. The second-order valence-electron chi connectivity index (χ2n) is 7.63. The standard InChI is InChI=1S/C21H28N4O/c1-3-23(2)14-18-13-19-15-24(10-11-25(19)22-18)21(26)12-17-9-8-16-6-4-5-7-20(16)17/h4-7,13,17H,3,8-12,14-15H2,1-2H3/t17-/m0/s1. The van der Waals surface area contributed by atoms with Gasteiger partial charge in [-0.1, -0.05) is 31.2 Å². The van der Waals surface area contributed by atoms with Gasteiger partial charge in [0.05, 0.1) is 24.5 Å². The number of hydrogen-bond acceptors (Lipinski definition) is 3. The number of amides is 1. The second-order valence-corrected chi connectivity index (χ2v) is 7.63. The molecule has 0 fully saturated rings. The zero-order valence-corrected chi connectivity index (χ0v) is 15.8. The van der Waals surface area contributed by atoms with E-state index >= 15 is 0 Å². The van der Waals surface area contributed by atoms with Gasteiger partial charge < -0.3 is 9.80 Å². The van der Waals surface area contributed by atoms with E-state index in [2.05, 4.69) is 53.9 Å². The molecule has 26 heavy (non-hydrogen) atoms. The van der Waals surface area contributed by atoms with E-state index in [1.165, 1.54) is 11.1 Å². The van der Waals surface area contributed by atoms with E-state index in [4.69, 9.17) is 5.10 Å². The van der Waals surface area contributed by atoms with Gasteiger partial charge in [0, 0.05) is 19.5 Å². The first kappa shape index (κ1) is 17.3. The van der Waals surface area contributed by atoms with E-state index in [9.17, 15) is 4.79 Å². The van der Waals surface area contributed by atoms with Crippen molar-refractivity contribution in [3.8, 4) is 0 Å². The van der Waals surface area contributed by atoms with Crippen LogP contribution < -0.4 is 0 Å². The maximum atomic E-state index is 12.9. The number of nitrogens with zero attached hydrogens (tertiary/aromatic N) is 4. The van der Waals surface area contributed by atoms with Crippen molar-refractivity contribution < 1.29 is 4.79 Å². The molecule has 2 aliphatic rings. The number of fused-ring (bicyclic) bond motifs is 2. The lowest BCUT2D eigenvalue weighted by atomic mass is 9.97. The van der Waals surface area contributed by atoms with Crippen LogP contribution in [0.4, 0.5) is 0 Å². The van der Waals surface area contributed by atoms with Crippen LogP contribution in [0.5, 0.6) is 0 Å². The Morgan fingerprint density at radius 3 is 3.00 bits per heavy atom. The first-order valence-corrected chi connectivity index (χ1v) is 9.73. The third-order valence-corrected chi connectivity index (χ3v) is 5.85. The van der Waals surface area contributed by atoms with Crippen molar-refractivity contribution in [1.29, 1.82) is 0 Å². The lowest BCUT2D eigenvalue weighted by Crippen LogP contribution is -2.38. The number of carbonyl (C=O) groups excluding carboxylic acids is 1. The number of aromatic nitrogens is 2. The fraction of sp³-hybridized carbons (Fsp3) is 0.524. The number of hydrogen-bond donors (Lipinski definition) is 0. The highest BCUT2D eigenvalue weighted by Crippen LogP contribution is 2.35. The van der Waals surface area contributed by atoms with Crippen LogP contribution in [0.25, 0.3) is 0 Å². The Morgan fingerprint density at radius 1 is 1.31 bits per heavy atom. The highest BCUT2D eigenvalue weighted by molar-refractivity contribution is 5.77. The van der Waals surface area contributed by atoms with E-state index in [0.717, 1.165) is 50.4 Å². The molecule has 1 aliphatic heterocycles. The molecule has 4 rings (SSSR count). The van der Waals surface area contributed by atoms with Gasteiger partial charge in [-0.05, 0) is 49.5 Å². The Bertz CT molecular complexity index is 797. The zero-order valence-electron chi connectivity index (χ0n) is 15.8. The monoisotopic (exact) mass is 352 g/mol. The summed E-state index contributed by atoms with van der Waals surface area (Å²) in [7, 11) is 2.10. The fourth-order valence-corrected chi connectivity index (χ4v) is 4.20. The van der Waals surface area contributed by atoms with Crippen molar-refractivity contribution in [1.82, 2.24) is 19.6 Å². The number of benzene rings is 1. The average molecular weight is 352 g/mol. The number of aryl methyl sites for hydroxylation is 1. The van der Waals surface area contributed by atoms with Gasteiger partial charge in [-0.3, -0.25) is 9.48 Å². The summed E-state index contributed by atoms with van der Waals surface area (Å²) in [4.78, 5) is 17.2. The molecule has 1 aromatic heterocycles. The van der Waals surface area contributed by atoms with Crippen molar-refractivity contribution in [2.45, 2.75) is 51.7 Å². The smallest absolute Gasteiger partial charge is 0.223 e. The van der Waals surface area contributed by atoms with Crippen molar-refractivity contribution in [3.63, 3.8) is 0 Å². The minimum Gasteiger partial charge on any atom is -0.335 e. The van der Waals surface area contributed by atoms with Gasteiger partial charge in [0.1, 0.15) is 0 Å². The van der Waals surface area contributed by atoms with Crippen LogP contribution in [0.1, 0.15) is 48.2 Å². The van der Waals surface area contributed by atoms with Gasteiger partial charge in [-0.2, -0.15) is 5.10 Å². The number of rotatable bonds is 5. The maximum Gasteiger partial charge on any atom is 0.223 e. The second kappa shape index (κ2) is 7.23. The number of carbonyl (C=O) groups is 1. The molecule has 1 atom stereocenters. The lowest BCUT2D eigenvalue weighted by molar-refractivity contribution is -0.133. The first-order valence-electron chi connectivity index (χ1n) is 9.73. The molecular weight excluding hydrogens is 324 g/mol. The van der Waals surface area contributed by atoms with Crippen molar-refractivity contribution >= 4 is 5.91 Å². The molecule has 1 amide bonds. The van der Waals surface area contributed by atoms with Crippen molar-refractivity contribution in [2.75, 3.05) is 20.1 Å². The van der Waals surface area contributed by atoms with Gasteiger partial charge in [0.25, 0.3) is 0 Å². The van der Waals surface area contributed by atoms with Gasteiger partial charge in [0.15, 0.2) is 0 Å². The SMILES string of the molecule is CCN(C)Cc1cc2n(n1)CCN(C(=O)C[C@@H]1CCc3ccccc31)C2. The largest absolute Gasteiger partial charge is 0.335 e. The van der Waals surface area contributed by atoms with Crippen LogP contribution in [0.15, 0.2) is 30.3 Å². The Balaban J connectivity index is 1.40. The Hall–Kier alpha value is -2.14. The summed E-state index contributed by atoms with van der Waals surface area (Å²) >= 11 is 0. The molecule has 5 nitrogen and oxygen atoms in total. The molecule has 0 bridgehead atoms. The molecule has 5 heteroatoms. The van der Waals surface area contributed by atoms with Gasteiger partial charge >= 0.3 is 0 Å². The van der Waals surface area contributed by atoms with Crippen molar-refractivity contribution in [3.05, 3.63) is 52.8 Å². The van der Waals surface area contributed by atoms with Crippen LogP contribution in [0.3, 0.4) is 0 Å². The van der Waals surface area contributed by atoms with Crippen LogP contribution in [-0.2, 0) is 30.8 Å². The molecule has 0 unspecified atom stereocenters. The average Bonchev–Trinajstić information content (AvgIpc) is 3.24. The van der Waals surface area contributed by atoms with Crippen LogP contribution in [-0.4, -0.2) is 45.6 Å². The quantitative estimate of drug-likeness (QED) is 0.831. The van der Waals surface area contributed by atoms with E-state index in [-0.39, 0.29) is 5.91 Å². The molecular formula is C21H28N4O. The van der Waals surface area contributed by atoms with E-state index < -0.39 is 0 Å². The van der Waals surface area contributed by atoms with E-state index in [1.54, 1.807) is 0 Å². The predicted molar refractivity (Wildman–Crippen MR) is 102 cm³/mol. The summed E-state index contributed by atoms with van der Waals surface area (Å²) in [5.41, 5.74) is 5.07. The topological polar surface area (TPSA) is 41.4 Å². The molecule has 138 valence electrons. The Labute approximate surface area is 155 Å². The summed E-state index contributed by atoms with van der Waals surface area (Å²) in [5.74, 6) is 0.672. The van der Waals surface area contributed by atoms with E-state index in [0.29, 0.717) is 18.9 Å². The molecule has 2 aromatic rings. The third-order valence-electron chi connectivity index (χ3n) is 5.85. The maximum absolute atomic E-state index is 12.9. The summed E-state index contributed by atoms with van der Waals surface area (Å²) in [6.45, 7) is 6.29. The highest BCUT2D eigenvalue weighted by atomic mass is 16.2. The van der Waals surface area contributed by atoms with Gasteiger partial charge in [-0.25, -0.2) is 0 Å². The van der Waals surface area contributed by atoms with Crippen molar-refractivity contribution in [2.24, 2.45) is 0 Å². The van der Waals surface area contributed by atoms with Crippen LogP contribution >= 0.6 is 0 Å². The van der Waals surface area contributed by atoms with Gasteiger partial charge in [0.2, 0.25) is 5.91 Å². The fourth-order valence-electron chi connectivity index (χ4n) is 4.20. The Morgan fingerprint density at radius 2 is 2.15 bits per heavy atom. The lowest BCUT2D eigenvalue weighted by Gasteiger charge is -2.28. The van der Waals surface area contributed by atoms with Crippen LogP contribution in [0.2, 0.25) is 0 Å². The molecule has 0 radical (unpaired) electrons. The van der Waals surface area contributed by atoms with E-state index in [1.807, 2.05) is 4.90 Å². The molecule has 0 saturated carbocycles. The summed E-state index contributed by atoms with van der Waals surface area (Å²) in [6, 6.07) is 10.8. The zero-order chi connectivity index (χ0) is 18.1. The molecule has 0 spiro atoms. The molecule has 1 aromatic carbocycles. The third kappa shape index (κ3) is 3.40. The van der Waals surface area contributed by atoms with Crippen LogP contribution in [0, 0.1) is 0 Å². The molecule has 1 aliphatic carbocycles. The highest BCUT2D eigenvalue weighted by Gasteiger charge is 2.28. The molecule has 2 heterocycles. The minimum atomic E-state index is 0.284. The first-order chi connectivity index (χ1) is 12.6. The Kier molecular flexibility index (Phi) is 4.81. The summed E-state index contributed by atoms with van der Waals surface area (Å²) < 4.78 is 2.08. The molecule has 0 saturated heterocycles. The van der Waals surface area contributed by atoms with Gasteiger partial charge in [-0.15, -0.1) is 0 Å². The molecule has 0 N–H and O–H groups in total. The summed E-state index contributed by atoms with van der Waals surface area (Å²) in [6.07, 6.45) is 2.84.